The Kier molecular flexibility index (Phi) is 7.15. The largest absolute Gasteiger partial charge is 0.435 e. The topological polar surface area (TPSA) is 87.7 Å². The van der Waals surface area contributed by atoms with E-state index in [9.17, 15) is 22.0 Å². The molecule has 10 heteroatoms. The molecule has 26 heavy (non-hydrogen) atoms. The number of nitrogens with zero attached hydrogens (tertiary/aromatic N) is 1. The fraction of sp³-hybridized carbons (Fsp3) is 0.562. The van der Waals surface area contributed by atoms with Gasteiger partial charge in [0.2, 0.25) is 10.0 Å². The van der Waals surface area contributed by atoms with E-state index < -0.39 is 16.6 Å². The van der Waals surface area contributed by atoms with E-state index in [2.05, 4.69) is 15.4 Å². The van der Waals surface area contributed by atoms with Crippen LogP contribution in [0.5, 0.6) is 5.75 Å². The van der Waals surface area contributed by atoms with Gasteiger partial charge < -0.3 is 15.4 Å². The van der Waals surface area contributed by atoms with Crippen LogP contribution in [-0.4, -0.2) is 50.2 Å². The number of piperidine rings is 1. The zero-order chi connectivity index (χ0) is 19.2. The molecule has 0 spiro atoms. The average molecular weight is 391 g/mol. The van der Waals surface area contributed by atoms with Crippen LogP contribution in [0.25, 0.3) is 0 Å². The number of carbonyl (C=O) groups is 1. The molecule has 2 amide bonds. The number of rotatable bonds is 7. The zero-order valence-corrected chi connectivity index (χ0v) is 15.3. The van der Waals surface area contributed by atoms with Gasteiger partial charge in [0.15, 0.2) is 0 Å². The van der Waals surface area contributed by atoms with E-state index in [1.54, 1.807) is 19.1 Å². The van der Waals surface area contributed by atoms with Crippen LogP contribution in [0.4, 0.5) is 13.6 Å². The molecule has 1 saturated heterocycles. The molecule has 1 aliphatic heterocycles. The lowest BCUT2D eigenvalue weighted by Crippen LogP contribution is -2.49. The van der Waals surface area contributed by atoms with Crippen molar-refractivity contribution in [1.29, 1.82) is 0 Å². The van der Waals surface area contributed by atoms with Crippen LogP contribution in [0.1, 0.15) is 25.3 Å². The van der Waals surface area contributed by atoms with Crippen LogP contribution in [0.2, 0.25) is 0 Å². The molecule has 0 unspecified atom stereocenters. The zero-order valence-electron chi connectivity index (χ0n) is 14.5. The Hall–Kier alpha value is -1.94. The van der Waals surface area contributed by atoms with Crippen molar-refractivity contribution in [2.24, 2.45) is 0 Å². The maximum absolute atomic E-state index is 12.1. The molecule has 0 bridgehead atoms. The smallest absolute Gasteiger partial charge is 0.387 e. The second-order valence-electron chi connectivity index (χ2n) is 5.92. The van der Waals surface area contributed by atoms with Gasteiger partial charge >= 0.3 is 12.6 Å². The molecule has 2 rings (SSSR count). The minimum Gasteiger partial charge on any atom is -0.435 e. The fourth-order valence-electron chi connectivity index (χ4n) is 2.67. The first kappa shape index (κ1) is 20.4. The van der Waals surface area contributed by atoms with Gasteiger partial charge in [-0.15, -0.1) is 0 Å². The normalized spacial score (nSPS) is 16.5. The predicted molar refractivity (Wildman–Crippen MR) is 92.5 cm³/mol. The van der Waals surface area contributed by atoms with Gasteiger partial charge in [-0.1, -0.05) is 12.1 Å². The third-order valence-corrected chi connectivity index (χ3v) is 6.03. The number of halogens is 2. The number of hydrogen-bond acceptors (Lipinski definition) is 4. The van der Waals surface area contributed by atoms with Gasteiger partial charge in [0, 0.05) is 25.7 Å². The summed E-state index contributed by atoms with van der Waals surface area (Å²) in [6.45, 7) is -0.230. The summed E-state index contributed by atoms with van der Waals surface area (Å²) in [6.07, 6.45) is 1.12. The quantitative estimate of drug-likeness (QED) is 0.743. The first-order valence-corrected chi connectivity index (χ1v) is 9.97. The first-order valence-electron chi connectivity index (χ1n) is 8.36. The maximum Gasteiger partial charge on any atom is 0.387 e. The van der Waals surface area contributed by atoms with E-state index in [0.29, 0.717) is 25.9 Å². The highest BCUT2D eigenvalue weighted by atomic mass is 32.2. The van der Waals surface area contributed by atoms with Crippen molar-refractivity contribution < 1.29 is 26.7 Å². The van der Waals surface area contributed by atoms with Crippen LogP contribution in [0, 0.1) is 0 Å². The molecule has 0 atom stereocenters. The molecule has 1 fully saturated rings. The Morgan fingerprint density at radius 1 is 1.27 bits per heavy atom. The summed E-state index contributed by atoms with van der Waals surface area (Å²) >= 11 is 0. The molecule has 7 nitrogen and oxygen atoms in total. The Morgan fingerprint density at radius 2 is 1.88 bits per heavy atom. The highest BCUT2D eigenvalue weighted by Crippen LogP contribution is 2.16. The summed E-state index contributed by atoms with van der Waals surface area (Å²) in [5, 5.41) is 5.51. The van der Waals surface area contributed by atoms with Gasteiger partial charge in [0.25, 0.3) is 0 Å². The van der Waals surface area contributed by atoms with Gasteiger partial charge in [-0.25, -0.2) is 17.5 Å². The number of carbonyl (C=O) groups excluding carboxylic acids is 1. The molecule has 0 aliphatic carbocycles. The Labute approximate surface area is 151 Å². The maximum atomic E-state index is 12.1. The van der Waals surface area contributed by atoms with Crippen LogP contribution in [0.3, 0.4) is 0 Å². The van der Waals surface area contributed by atoms with Gasteiger partial charge in [0.1, 0.15) is 5.75 Å². The lowest BCUT2D eigenvalue weighted by Gasteiger charge is -2.31. The Balaban J connectivity index is 1.73. The van der Waals surface area contributed by atoms with Crippen LogP contribution < -0.4 is 15.4 Å². The van der Waals surface area contributed by atoms with E-state index in [1.807, 2.05) is 0 Å². The third kappa shape index (κ3) is 6.10. The summed E-state index contributed by atoms with van der Waals surface area (Å²) in [6, 6.07) is 5.56. The van der Waals surface area contributed by atoms with E-state index >= 15 is 0 Å². The molecular formula is C16H23F2N3O4S. The molecule has 0 aromatic heterocycles. The van der Waals surface area contributed by atoms with E-state index in [1.165, 1.54) is 16.4 Å². The Bertz CT molecular complexity index is 690. The first-order chi connectivity index (χ1) is 12.3. The van der Waals surface area contributed by atoms with Crippen molar-refractivity contribution in [2.75, 3.05) is 18.8 Å². The molecule has 2 N–H and O–H groups in total. The SMILES string of the molecule is CCS(=O)(=O)N1CCC(NC(=O)NCc2ccc(OC(F)F)cc2)CC1. The fourth-order valence-corrected chi connectivity index (χ4v) is 3.80. The summed E-state index contributed by atoms with van der Waals surface area (Å²) < 4.78 is 53.5. The Morgan fingerprint density at radius 3 is 2.42 bits per heavy atom. The highest BCUT2D eigenvalue weighted by Gasteiger charge is 2.27. The standard InChI is InChI=1S/C16H23F2N3O4S/c1-2-26(23,24)21-9-7-13(8-10-21)20-16(22)19-11-12-3-5-14(6-4-12)25-15(17)18/h3-6,13,15H,2,7-11H2,1H3,(H2,19,20,22). The number of nitrogens with one attached hydrogen (secondary N) is 2. The number of benzene rings is 1. The van der Waals surface area contributed by atoms with Crippen molar-refractivity contribution in [3.63, 3.8) is 0 Å². The van der Waals surface area contributed by atoms with Crippen molar-refractivity contribution >= 4 is 16.1 Å². The van der Waals surface area contributed by atoms with E-state index in [-0.39, 0.29) is 30.1 Å². The number of ether oxygens (including phenoxy) is 1. The second-order valence-corrected chi connectivity index (χ2v) is 8.18. The summed E-state index contributed by atoms with van der Waals surface area (Å²) in [5.74, 6) is 0.134. The van der Waals surface area contributed by atoms with Crippen LogP contribution >= 0.6 is 0 Å². The summed E-state index contributed by atoms with van der Waals surface area (Å²) in [5.41, 5.74) is 0.741. The third-order valence-electron chi connectivity index (χ3n) is 4.15. The van der Waals surface area contributed by atoms with Crippen molar-refractivity contribution in [2.45, 2.75) is 39.0 Å². The van der Waals surface area contributed by atoms with Gasteiger partial charge in [-0.3, -0.25) is 0 Å². The summed E-state index contributed by atoms with van der Waals surface area (Å²) in [4.78, 5) is 12.0. The molecule has 1 aromatic rings. The second kappa shape index (κ2) is 9.13. The van der Waals surface area contributed by atoms with Gasteiger partial charge in [-0.05, 0) is 37.5 Å². The molecule has 1 aliphatic rings. The lowest BCUT2D eigenvalue weighted by atomic mass is 10.1. The number of sulfonamides is 1. The molecule has 0 radical (unpaired) electrons. The minimum absolute atomic E-state index is 0.0574. The highest BCUT2D eigenvalue weighted by molar-refractivity contribution is 7.89. The summed E-state index contributed by atoms with van der Waals surface area (Å²) in [7, 11) is -3.18. The number of amides is 2. The van der Waals surface area contributed by atoms with E-state index in [4.69, 9.17) is 0 Å². The number of urea groups is 1. The van der Waals surface area contributed by atoms with E-state index in [0.717, 1.165) is 5.56 Å². The average Bonchev–Trinajstić information content (AvgIpc) is 2.61. The predicted octanol–water partition coefficient (Wildman–Crippen LogP) is 1.90. The minimum atomic E-state index is -3.18. The van der Waals surface area contributed by atoms with Crippen LogP contribution in [0.15, 0.2) is 24.3 Å². The lowest BCUT2D eigenvalue weighted by molar-refractivity contribution is -0.0498. The molecule has 146 valence electrons. The van der Waals surface area contributed by atoms with Crippen molar-refractivity contribution in [3.05, 3.63) is 29.8 Å². The van der Waals surface area contributed by atoms with Crippen LogP contribution in [-0.2, 0) is 16.6 Å². The molecular weight excluding hydrogens is 368 g/mol. The molecule has 0 saturated carbocycles. The van der Waals surface area contributed by atoms with Gasteiger partial charge in [0.05, 0.1) is 5.75 Å². The number of hydrogen-bond donors (Lipinski definition) is 2. The number of alkyl halides is 2. The van der Waals surface area contributed by atoms with Gasteiger partial charge in [-0.2, -0.15) is 8.78 Å². The molecule has 1 heterocycles. The van der Waals surface area contributed by atoms with Crippen molar-refractivity contribution in [1.82, 2.24) is 14.9 Å². The molecule has 1 aromatic carbocycles. The van der Waals surface area contributed by atoms with Crippen molar-refractivity contribution in [3.8, 4) is 5.75 Å². The monoisotopic (exact) mass is 391 g/mol.